The molecule has 0 aliphatic carbocycles. The minimum absolute atomic E-state index is 0.137. The molecule has 1 aliphatic rings. The van der Waals surface area contributed by atoms with Crippen molar-refractivity contribution in [2.75, 3.05) is 45.2 Å². The fourth-order valence-electron chi connectivity index (χ4n) is 2.94. The first-order valence-electron chi connectivity index (χ1n) is 8.54. The first-order valence-corrected chi connectivity index (χ1v) is 8.92. The molecule has 1 amide bonds. The molecular weight excluding hydrogens is 354 g/mol. The summed E-state index contributed by atoms with van der Waals surface area (Å²) in [5.41, 5.74) is 1.43. The third-order valence-electron chi connectivity index (χ3n) is 4.32. The van der Waals surface area contributed by atoms with Gasteiger partial charge >= 0.3 is 0 Å². The van der Waals surface area contributed by atoms with Crippen molar-refractivity contribution in [3.05, 3.63) is 52.7 Å². The van der Waals surface area contributed by atoms with E-state index in [-0.39, 0.29) is 17.6 Å². The second-order valence-corrected chi connectivity index (χ2v) is 6.42. The zero-order chi connectivity index (χ0) is 18.4. The van der Waals surface area contributed by atoms with Gasteiger partial charge in [0.25, 0.3) is 5.91 Å². The van der Waals surface area contributed by atoms with Crippen LogP contribution in [0.2, 0.25) is 5.02 Å². The molecule has 3 rings (SSSR count). The number of carbonyl (C=O) groups excluding carboxylic acids is 1. The monoisotopic (exact) mass is 375 g/mol. The first kappa shape index (κ1) is 18.6. The van der Waals surface area contributed by atoms with Gasteiger partial charge in [0, 0.05) is 31.7 Å². The largest absolute Gasteiger partial charge is 0.379 e. The number of hydrogen-bond donors (Lipinski definition) is 2. The Balaban J connectivity index is 1.72. The summed E-state index contributed by atoms with van der Waals surface area (Å²) < 4.78 is 5.47. The number of ether oxygens (including phenoxy) is 1. The first-order chi connectivity index (χ1) is 12.7. The normalized spacial score (nSPS) is 16.1. The van der Waals surface area contributed by atoms with Crippen LogP contribution in [0.3, 0.4) is 0 Å². The number of carbonyl (C=O) groups is 1. The average molecular weight is 376 g/mol. The quantitative estimate of drug-likeness (QED) is 0.803. The van der Waals surface area contributed by atoms with Crippen LogP contribution in [0.4, 0.5) is 5.82 Å². The van der Waals surface area contributed by atoms with E-state index in [0.29, 0.717) is 12.4 Å². The summed E-state index contributed by atoms with van der Waals surface area (Å²) in [6, 6.07) is 11.4. The van der Waals surface area contributed by atoms with E-state index in [2.05, 4.69) is 31.8 Å². The van der Waals surface area contributed by atoms with Crippen molar-refractivity contribution in [1.29, 1.82) is 0 Å². The molecule has 1 fully saturated rings. The van der Waals surface area contributed by atoms with Crippen molar-refractivity contribution >= 4 is 23.3 Å². The molecule has 2 aromatic rings. The summed E-state index contributed by atoms with van der Waals surface area (Å²) >= 11 is 6.18. The lowest BCUT2D eigenvalue weighted by Crippen LogP contribution is -2.41. The number of anilines is 1. The smallest absolute Gasteiger partial charge is 0.271 e. The van der Waals surface area contributed by atoms with Crippen LogP contribution in [0.25, 0.3) is 0 Å². The number of hydrogen-bond acceptors (Lipinski definition) is 6. The Morgan fingerprint density at radius 1 is 1.27 bits per heavy atom. The Morgan fingerprint density at radius 3 is 2.73 bits per heavy atom. The van der Waals surface area contributed by atoms with Crippen molar-refractivity contribution in [1.82, 2.24) is 20.4 Å². The number of nitrogens with one attached hydrogen (secondary N) is 2. The molecule has 8 heteroatoms. The molecule has 7 nitrogen and oxygen atoms in total. The number of morpholine rings is 1. The average Bonchev–Trinajstić information content (AvgIpc) is 2.69. The van der Waals surface area contributed by atoms with E-state index in [4.69, 9.17) is 16.3 Å². The van der Waals surface area contributed by atoms with Gasteiger partial charge in [-0.3, -0.25) is 9.69 Å². The summed E-state index contributed by atoms with van der Waals surface area (Å²) in [6.07, 6.45) is 0. The second-order valence-electron chi connectivity index (χ2n) is 5.98. The molecule has 0 radical (unpaired) electrons. The van der Waals surface area contributed by atoms with E-state index in [1.54, 1.807) is 19.2 Å². The van der Waals surface area contributed by atoms with E-state index >= 15 is 0 Å². The molecule has 1 atom stereocenters. The molecule has 0 spiro atoms. The highest BCUT2D eigenvalue weighted by Crippen LogP contribution is 2.24. The van der Waals surface area contributed by atoms with Gasteiger partial charge in [0.15, 0.2) is 5.69 Å². The van der Waals surface area contributed by atoms with Crippen LogP contribution in [0, 0.1) is 0 Å². The Hall–Kier alpha value is -2.22. The van der Waals surface area contributed by atoms with Gasteiger partial charge in [0.2, 0.25) is 0 Å². The Morgan fingerprint density at radius 2 is 2.08 bits per heavy atom. The summed E-state index contributed by atoms with van der Waals surface area (Å²) in [6.45, 7) is 3.81. The Bertz CT molecular complexity index is 735. The molecule has 1 aromatic carbocycles. The summed E-state index contributed by atoms with van der Waals surface area (Å²) in [5, 5.41) is 14.6. The van der Waals surface area contributed by atoms with Gasteiger partial charge in [-0.05, 0) is 29.8 Å². The molecule has 0 bridgehead atoms. The predicted molar refractivity (Wildman–Crippen MR) is 100 cm³/mol. The fraction of sp³-hybridized carbons (Fsp3) is 0.389. The molecule has 1 aromatic heterocycles. The van der Waals surface area contributed by atoms with Gasteiger partial charge in [-0.15, -0.1) is 10.2 Å². The lowest BCUT2D eigenvalue weighted by molar-refractivity contribution is 0.0187. The van der Waals surface area contributed by atoms with Gasteiger partial charge in [-0.25, -0.2) is 0 Å². The predicted octanol–water partition coefficient (Wildman–Crippen LogP) is 1.97. The summed E-state index contributed by atoms with van der Waals surface area (Å²) in [5.74, 6) is 0.368. The van der Waals surface area contributed by atoms with Crippen LogP contribution in [-0.2, 0) is 4.74 Å². The number of nitrogens with zero attached hydrogens (tertiary/aromatic N) is 3. The molecular formula is C18H22ClN5O2. The molecule has 1 aliphatic heterocycles. The van der Waals surface area contributed by atoms with E-state index in [0.717, 1.165) is 36.9 Å². The zero-order valence-electron chi connectivity index (χ0n) is 14.6. The van der Waals surface area contributed by atoms with Crippen LogP contribution in [-0.4, -0.2) is 60.9 Å². The van der Waals surface area contributed by atoms with Gasteiger partial charge in [-0.2, -0.15) is 0 Å². The van der Waals surface area contributed by atoms with Gasteiger partial charge < -0.3 is 15.4 Å². The topological polar surface area (TPSA) is 79.4 Å². The lowest BCUT2D eigenvalue weighted by Gasteiger charge is -2.35. The van der Waals surface area contributed by atoms with E-state index in [1.807, 2.05) is 18.2 Å². The molecule has 0 saturated carbocycles. The van der Waals surface area contributed by atoms with Crippen molar-refractivity contribution in [2.24, 2.45) is 0 Å². The third-order valence-corrected chi connectivity index (χ3v) is 4.56. The highest BCUT2D eigenvalue weighted by atomic mass is 35.5. The van der Waals surface area contributed by atoms with E-state index in [1.165, 1.54) is 0 Å². The van der Waals surface area contributed by atoms with E-state index < -0.39 is 0 Å². The zero-order valence-corrected chi connectivity index (χ0v) is 15.4. The van der Waals surface area contributed by atoms with Crippen LogP contribution in [0.15, 0.2) is 36.4 Å². The summed E-state index contributed by atoms with van der Waals surface area (Å²) in [7, 11) is 1.56. The number of aromatic nitrogens is 2. The SMILES string of the molecule is CNC(=O)c1ccc(NCC(c2cccc(Cl)c2)N2CCOCC2)nn1. The van der Waals surface area contributed by atoms with Crippen molar-refractivity contribution in [3.63, 3.8) is 0 Å². The number of halogens is 1. The molecule has 1 saturated heterocycles. The minimum atomic E-state index is -0.255. The molecule has 1 unspecified atom stereocenters. The van der Waals surface area contributed by atoms with Crippen LogP contribution >= 0.6 is 11.6 Å². The maximum Gasteiger partial charge on any atom is 0.271 e. The van der Waals surface area contributed by atoms with Gasteiger partial charge in [0.05, 0.1) is 19.3 Å². The van der Waals surface area contributed by atoms with E-state index in [9.17, 15) is 4.79 Å². The van der Waals surface area contributed by atoms with Crippen LogP contribution in [0.5, 0.6) is 0 Å². The second kappa shape index (κ2) is 8.93. The highest BCUT2D eigenvalue weighted by molar-refractivity contribution is 6.30. The molecule has 2 heterocycles. The van der Waals surface area contributed by atoms with Gasteiger partial charge in [0.1, 0.15) is 5.82 Å². The maximum atomic E-state index is 11.5. The van der Waals surface area contributed by atoms with Gasteiger partial charge in [-0.1, -0.05) is 23.7 Å². The van der Waals surface area contributed by atoms with Crippen LogP contribution in [0.1, 0.15) is 22.1 Å². The Labute approximate surface area is 157 Å². The fourth-order valence-corrected chi connectivity index (χ4v) is 3.14. The lowest BCUT2D eigenvalue weighted by atomic mass is 10.0. The number of rotatable bonds is 6. The molecule has 26 heavy (non-hydrogen) atoms. The standard InChI is InChI=1S/C18H22ClN5O2/c1-20-18(25)15-5-6-17(23-22-15)21-12-16(24-7-9-26-10-8-24)13-3-2-4-14(19)11-13/h2-6,11,16H,7-10,12H2,1H3,(H,20,25)(H,21,23). The Kier molecular flexibility index (Phi) is 6.38. The van der Waals surface area contributed by atoms with Crippen molar-refractivity contribution in [3.8, 4) is 0 Å². The molecule has 2 N–H and O–H groups in total. The van der Waals surface area contributed by atoms with Crippen molar-refractivity contribution < 1.29 is 9.53 Å². The number of amides is 1. The molecule has 138 valence electrons. The third kappa shape index (κ3) is 4.69. The minimum Gasteiger partial charge on any atom is -0.379 e. The summed E-state index contributed by atoms with van der Waals surface area (Å²) in [4.78, 5) is 13.9. The van der Waals surface area contributed by atoms with Crippen LogP contribution < -0.4 is 10.6 Å². The maximum absolute atomic E-state index is 11.5. The number of benzene rings is 1. The highest BCUT2D eigenvalue weighted by Gasteiger charge is 2.23. The van der Waals surface area contributed by atoms with Crippen molar-refractivity contribution in [2.45, 2.75) is 6.04 Å².